The van der Waals surface area contributed by atoms with E-state index in [-0.39, 0.29) is 17.6 Å². The maximum Gasteiger partial charge on any atom is 0.318 e. The van der Waals surface area contributed by atoms with E-state index < -0.39 is 0 Å². The lowest BCUT2D eigenvalue weighted by atomic mass is 10.2. The van der Waals surface area contributed by atoms with Crippen molar-refractivity contribution in [3.63, 3.8) is 0 Å². The van der Waals surface area contributed by atoms with Crippen LogP contribution in [0.5, 0.6) is 0 Å². The van der Waals surface area contributed by atoms with E-state index >= 15 is 0 Å². The molecular weight excluding hydrogens is 338 g/mol. The molecule has 2 aromatic rings. The maximum atomic E-state index is 12.6. The van der Waals surface area contributed by atoms with Crippen molar-refractivity contribution in [2.75, 3.05) is 20.6 Å². The van der Waals surface area contributed by atoms with E-state index in [2.05, 4.69) is 21.3 Å². The van der Waals surface area contributed by atoms with Gasteiger partial charge in [0, 0.05) is 18.5 Å². The van der Waals surface area contributed by atoms with Gasteiger partial charge >= 0.3 is 6.03 Å². The van der Waals surface area contributed by atoms with Crippen molar-refractivity contribution in [3.8, 4) is 0 Å². The van der Waals surface area contributed by atoms with Crippen molar-refractivity contribution in [2.45, 2.75) is 26.1 Å². The SMILES string of the molecule is Cc1nc2c(c(=O)n1C)CN(C(=O)NC[C@H](c1cccs1)N(C)C)C2. The first-order valence-electron chi connectivity index (χ1n) is 8.16. The second kappa shape index (κ2) is 6.97. The summed E-state index contributed by atoms with van der Waals surface area (Å²) in [6.07, 6.45) is 0. The van der Waals surface area contributed by atoms with Crippen molar-refractivity contribution in [3.05, 3.63) is 49.8 Å². The molecule has 0 aliphatic carbocycles. The number of rotatable bonds is 4. The van der Waals surface area contributed by atoms with Crippen molar-refractivity contribution in [2.24, 2.45) is 7.05 Å². The first kappa shape index (κ1) is 17.6. The number of aryl methyl sites for hydroxylation is 1. The highest BCUT2D eigenvalue weighted by atomic mass is 32.1. The third kappa shape index (κ3) is 3.45. The van der Waals surface area contributed by atoms with E-state index in [0.29, 0.717) is 36.7 Å². The third-order valence-electron chi connectivity index (χ3n) is 4.61. The van der Waals surface area contributed by atoms with Gasteiger partial charge in [-0.2, -0.15) is 0 Å². The number of urea groups is 1. The number of fused-ring (bicyclic) bond motifs is 1. The highest BCUT2D eigenvalue weighted by Crippen LogP contribution is 2.23. The topological polar surface area (TPSA) is 70.5 Å². The van der Waals surface area contributed by atoms with Gasteiger partial charge in [0.05, 0.1) is 30.4 Å². The molecule has 0 unspecified atom stereocenters. The molecule has 0 saturated heterocycles. The fourth-order valence-corrected chi connectivity index (χ4v) is 3.91. The molecule has 3 heterocycles. The molecule has 3 rings (SSSR count). The summed E-state index contributed by atoms with van der Waals surface area (Å²) in [5.41, 5.74) is 1.26. The average Bonchev–Trinajstić information content (AvgIpc) is 3.22. The van der Waals surface area contributed by atoms with Crippen LogP contribution in [0.3, 0.4) is 0 Å². The third-order valence-corrected chi connectivity index (χ3v) is 5.59. The van der Waals surface area contributed by atoms with Crippen molar-refractivity contribution in [1.29, 1.82) is 0 Å². The van der Waals surface area contributed by atoms with Crippen LogP contribution in [-0.4, -0.2) is 46.0 Å². The molecule has 0 aromatic carbocycles. The highest BCUT2D eigenvalue weighted by molar-refractivity contribution is 7.10. The van der Waals surface area contributed by atoms with Gasteiger partial charge in [0.1, 0.15) is 5.82 Å². The number of hydrogen-bond donors (Lipinski definition) is 1. The molecule has 1 aliphatic rings. The molecule has 0 fully saturated rings. The summed E-state index contributed by atoms with van der Waals surface area (Å²) in [4.78, 5) is 34.3. The van der Waals surface area contributed by atoms with Crippen LogP contribution in [0.15, 0.2) is 22.3 Å². The van der Waals surface area contributed by atoms with Gasteiger partial charge < -0.3 is 15.1 Å². The van der Waals surface area contributed by atoms with Gasteiger partial charge in [-0.1, -0.05) is 6.07 Å². The predicted octanol–water partition coefficient (Wildman–Crippen LogP) is 1.48. The smallest absolute Gasteiger partial charge is 0.318 e. The van der Waals surface area contributed by atoms with E-state index in [0.717, 1.165) is 0 Å². The van der Waals surface area contributed by atoms with Crippen LogP contribution in [0.2, 0.25) is 0 Å². The average molecular weight is 361 g/mol. The van der Waals surface area contributed by atoms with Crippen molar-refractivity contribution in [1.82, 2.24) is 24.7 Å². The van der Waals surface area contributed by atoms with Crippen LogP contribution in [0, 0.1) is 6.92 Å². The maximum absolute atomic E-state index is 12.6. The van der Waals surface area contributed by atoms with Gasteiger partial charge in [-0.3, -0.25) is 9.36 Å². The number of nitrogens with one attached hydrogen (secondary N) is 1. The van der Waals surface area contributed by atoms with E-state index in [1.54, 1.807) is 30.2 Å². The summed E-state index contributed by atoms with van der Waals surface area (Å²) in [6.45, 7) is 3.01. The van der Waals surface area contributed by atoms with Crippen LogP contribution >= 0.6 is 11.3 Å². The molecular formula is C17H23N5O2S. The molecule has 8 heteroatoms. The largest absolute Gasteiger partial charge is 0.336 e. The van der Waals surface area contributed by atoms with E-state index in [1.165, 1.54) is 9.44 Å². The highest BCUT2D eigenvalue weighted by Gasteiger charge is 2.28. The summed E-state index contributed by atoms with van der Waals surface area (Å²) in [7, 11) is 5.70. The quantitative estimate of drug-likeness (QED) is 0.895. The van der Waals surface area contributed by atoms with Crippen LogP contribution < -0.4 is 10.9 Å². The fourth-order valence-electron chi connectivity index (χ4n) is 2.99. The Morgan fingerprint density at radius 1 is 1.44 bits per heavy atom. The molecule has 1 N–H and O–H groups in total. The Kier molecular flexibility index (Phi) is 4.91. The van der Waals surface area contributed by atoms with Crippen molar-refractivity contribution >= 4 is 17.4 Å². The molecule has 0 spiro atoms. The zero-order chi connectivity index (χ0) is 18.1. The van der Waals surface area contributed by atoms with Gasteiger partial charge in [-0.25, -0.2) is 9.78 Å². The Bertz CT molecular complexity index is 828. The number of nitrogens with zero attached hydrogens (tertiary/aromatic N) is 4. The number of likely N-dealkylation sites (N-methyl/N-ethyl adjacent to an activating group) is 1. The fraction of sp³-hybridized carbons (Fsp3) is 0.471. The molecule has 1 aliphatic heterocycles. The lowest BCUT2D eigenvalue weighted by Gasteiger charge is -2.25. The van der Waals surface area contributed by atoms with E-state index in [1.807, 2.05) is 25.5 Å². The Morgan fingerprint density at radius 2 is 2.20 bits per heavy atom. The van der Waals surface area contributed by atoms with E-state index in [9.17, 15) is 9.59 Å². The minimum absolute atomic E-state index is 0.0671. The van der Waals surface area contributed by atoms with E-state index in [4.69, 9.17) is 0 Å². The molecule has 134 valence electrons. The Hall–Kier alpha value is -2.19. The van der Waals surface area contributed by atoms with Gasteiger partial charge in [0.2, 0.25) is 0 Å². The number of hydrogen-bond acceptors (Lipinski definition) is 5. The zero-order valence-electron chi connectivity index (χ0n) is 14.9. The summed E-state index contributed by atoms with van der Waals surface area (Å²) >= 11 is 1.68. The number of thiophene rings is 1. The Balaban J connectivity index is 1.67. The number of carbonyl (C=O) groups is 1. The van der Waals surface area contributed by atoms with Crippen LogP contribution in [-0.2, 0) is 20.1 Å². The molecule has 0 saturated carbocycles. The molecule has 0 radical (unpaired) electrons. The predicted molar refractivity (Wildman–Crippen MR) is 97.6 cm³/mol. The zero-order valence-corrected chi connectivity index (χ0v) is 15.8. The Morgan fingerprint density at radius 3 is 2.84 bits per heavy atom. The van der Waals surface area contributed by atoms with Gasteiger partial charge in [-0.15, -0.1) is 11.3 Å². The second-order valence-electron chi connectivity index (χ2n) is 6.49. The normalized spacial score (nSPS) is 14.7. The molecule has 0 bridgehead atoms. The number of carbonyl (C=O) groups excluding carboxylic acids is 1. The summed E-state index contributed by atoms with van der Waals surface area (Å²) in [5.74, 6) is 0.663. The summed E-state index contributed by atoms with van der Waals surface area (Å²) in [5, 5.41) is 5.03. The number of amides is 2. The van der Waals surface area contributed by atoms with Crippen LogP contribution in [0.25, 0.3) is 0 Å². The van der Waals surface area contributed by atoms with Crippen LogP contribution in [0.4, 0.5) is 4.79 Å². The second-order valence-corrected chi connectivity index (χ2v) is 7.46. The summed E-state index contributed by atoms with van der Waals surface area (Å²) < 4.78 is 1.53. The van der Waals surface area contributed by atoms with Crippen LogP contribution in [0.1, 0.15) is 28.0 Å². The molecule has 2 amide bonds. The first-order valence-corrected chi connectivity index (χ1v) is 9.04. The van der Waals surface area contributed by atoms with Gasteiger partial charge in [0.25, 0.3) is 5.56 Å². The minimum Gasteiger partial charge on any atom is -0.336 e. The number of aromatic nitrogens is 2. The first-order chi connectivity index (χ1) is 11.9. The van der Waals surface area contributed by atoms with Gasteiger partial charge in [-0.05, 0) is 32.5 Å². The summed E-state index contributed by atoms with van der Waals surface area (Å²) in [6, 6.07) is 4.05. The minimum atomic E-state index is -0.166. The lowest BCUT2D eigenvalue weighted by molar-refractivity contribution is 0.192. The molecule has 25 heavy (non-hydrogen) atoms. The monoisotopic (exact) mass is 361 g/mol. The van der Waals surface area contributed by atoms with Gasteiger partial charge in [0.15, 0.2) is 0 Å². The Labute approximate surface area is 150 Å². The van der Waals surface area contributed by atoms with Crippen molar-refractivity contribution < 1.29 is 4.79 Å². The molecule has 2 aromatic heterocycles. The standard InChI is InChI=1S/C17H23N5O2S/c1-11-19-13-10-22(9-12(13)16(23)21(11)4)17(24)18-8-14(20(2)3)15-6-5-7-25-15/h5-7,14H,8-10H2,1-4H3,(H,18,24)/t14-/m1/s1. The molecule has 7 nitrogen and oxygen atoms in total. The molecule has 1 atom stereocenters. The lowest BCUT2D eigenvalue weighted by Crippen LogP contribution is -2.41.